The first-order valence-corrected chi connectivity index (χ1v) is 11.6. The Hall–Kier alpha value is -4.40. The van der Waals surface area contributed by atoms with Gasteiger partial charge in [0.25, 0.3) is 11.8 Å². The Bertz CT molecular complexity index is 1310. The second-order valence-electron chi connectivity index (χ2n) is 8.19. The number of anilines is 1. The zero-order chi connectivity index (χ0) is 25.7. The van der Waals surface area contributed by atoms with Crippen molar-refractivity contribution in [3.05, 3.63) is 82.3 Å². The molecule has 4 rings (SSSR count). The number of fused-ring (bicyclic) bond motifs is 1. The van der Waals surface area contributed by atoms with Gasteiger partial charge in [-0.05, 0) is 75.2 Å². The van der Waals surface area contributed by atoms with Crippen LogP contribution in [-0.4, -0.2) is 37.2 Å². The molecule has 36 heavy (non-hydrogen) atoms. The van der Waals surface area contributed by atoms with E-state index in [4.69, 9.17) is 13.9 Å². The fourth-order valence-electron chi connectivity index (χ4n) is 4.01. The largest absolute Gasteiger partial charge is 0.497 e. The van der Waals surface area contributed by atoms with Crippen molar-refractivity contribution in [1.82, 2.24) is 5.43 Å². The summed E-state index contributed by atoms with van der Waals surface area (Å²) in [5, 5.41) is 7.15. The fourth-order valence-corrected chi connectivity index (χ4v) is 4.01. The van der Waals surface area contributed by atoms with Gasteiger partial charge >= 0.3 is 5.97 Å². The number of hydrogen-bond acceptors (Lipinski definition) is 7. The zero-order valence-electron chi connectivity index (χ0n) is 20.3. The zero-order valence-corrected chi connectivity index (χ0v) is 20.3. The summed E-state index contributed by atoms with van der Waals surface area (Å²) in [6, 6.07) is 13.2. The number of nitrogens with zero attached hydrogens (tertiary/aromatic N) is 1. The minimum absolute atomic E-state index is 0.186. The predicted molar refractivity (Wildman–Crippen MR) is 134 cm³/mol. The van der Waals surface area contributed by atoms with Crippen molar-refractivity contribution in [1.29, 1.82) is 0 Å². The van der Waals surface area contributed by atoms with Crippen LogP contribution in [0.15, 0.2) is 58.0 Å². The summed E-state index contributed by atoms with van der Waals surface area (Å²) in [7, 11) is 1.56. The number of carbonyl (C=O) groups excluding carboxylic acids is 3. The molecule has 0 bridgehead atoms. The topological polar surface area (TPSA) is 119 Å². The third-order valence-electron chi connectivity index (χ3n) is 5.83. The highest BCUT2D eigenvalue weighted by Gasteiger charge is 2.28. The molecular formula is C27H27N3O6. The molecule has 1 aliphatic rings. The Kier molecular flexibility index (Phi) is 7.48. The summed E-state index contributed by atoms with van der Waals surface area (Å²) in [4.78, 5) is 37.3. The monoisotopic (exact) mass is 489 g/mol. The highest BCUT2D eigenvalue weighted by Crippen LogP contribution is 2.30. The van der Waals surface area contributed by atoms with Gasteiger partial charge in [-0.1, -0.05) is 0 Å². The van der Waals surface area contributed by atoms with E-state index < -0.39 is 11.9 Å². The number of methoxy groups -OCH3 is 1. The van der Waals surface area contributed by atoms with E-state index in [1.165, 1.54) is 0 Å². The third kappa shape index (κ3) is 5.30. The number of esters is 1. The number of nitrogens with one attached hydrogen (secondary N) is 2. The molecule has 0 saturated carbocycles. The molecule has 0 spiro atoms. The first-order valence-electron chi connectivity index (χ1n) is 11.6. The smallest absolute Gasteiger partial charge is 0.338 e. The molecule has 0 saturated heterocycles. The number of aryl methyl sites for hydroxylation is 1. The molecule has 3 aromatic rings. The number of benzene rings is 2. The average molecular weight is 490 g/mol. The minimum atomic E-state index is -0.421. The highest BCUT2D eigenvalue weighted by atomic mass is 16.5. The van der Waals surface area contributed by atoms with Crippen LogP contribution in [0.3, 0.4) is 0 Å². The maximum absolute atomic E-state index is 13.0. The lowest BCUT2D eigenvalue weighted by Crippen LogP contribution is -2.22. The number of amides is 2. The molecular weight excluding hydrogens is 462 g/mol. The first-order chi connectivity index (χ1) is 17.4. The van der Waals surface area contributed by atoms with Gasteiger partial charge in [0, 0.05) is 28.8 Å². The fraction of sp³-hybridized carbons (Fsp3) is 0.259. The van der Waals surface area contributed by atoms with Crippen LogP contribution in [-0.2, 0) is 11.2 Å². The van der Waals surface area contributed by atoms with Gasteiger partial charge in [0.05, 0.1) is 25.0 Å². The van der Waals surface area contributed by atoms with Gasteiger partial charge in [-0.2, -0.15) is 5.10 Å². The Morgan fingerprint density at radius 3 is 2.33 bits per heavy atom. The highest BCUT2D eigenvalue weighted by molar-refractivity contribution is 6.09. The molecule has 0 radical (unpaired) electrons. The molecule has 1 heterocycles. The summed E-state index contributed by atoms with van der Waals surface area (Å²) in [5.74, 6) is 0.333. The van der Waals surface area contributed by atoms with Crippen LogP contribution in [0.5, 0.6) is 5.75 Å². The number of furan rings is 1. The van der Waals surface area contributed by atoms with Crippen LogP contribution < -0.4 is 15.5 Å². The van der Waals surface area contributed by atoms with Crippen molar-refractivity contribution >= 4 is 29.2 Å². The standard InChI is InChI=1S/C27H27N3O6/c1-4-35-27(33)18-8-12-19(13-9-18)28-26(32)24-16(2)23-21(6-5-7-22(23)36-24)29-30-25(31)17-10-14-20(34-3)15-11-17/h8-15H,4-7H2,1-3H3,(H,28,32)(H,30,31)/b29-21+. The molecule has 9 heteroatoms. The lowest BCUT2D eigenvalue weighted by atomic mass is 9.93. The van der Waals surface area contributed by atoms with Crippen molar-refractivity contribution < 1.29 is 28.3 Å². The van der Waals surface area contributed by atoms with E-state index in [9.17, 15) is 14.4 Å². The predicted octanol–water partition coefficient (Wildman–Crippen LogP) is 4.50. The van der Waals surface area contributed by atoms with Crippen LogP contribution in [0.4, 0.5) is 5.69 Å². The lowest BCUT2D eigenvalue weighted by molar-refractivity contribution is 0.0526. The third-order valence-corrected chi connectivity index (χ3v) is 5.83. The summed E-state index contributed by atoms with van der Waals surface area (Å²) in [6.07, 6.45) is 2.10. The second-order valence-corrected chi connectivity index (χ2v) is 8.19. The number of ether oxygens (including phenoxy) is 2. The average Bonchev–Trinajstić information content (AvgIpc) is 3.25. The molecule has 0 unspecified atom stereocenters. The van der Waals surface area contributed by atoms with Gasteiger partial charge in [0.15, 0.2) is 5.76 Å². The molecule has 186 valence electrons. The van der Waals surface area contributed by atoms with E-state index in [0.29, 0.717) is 52.4 Å². The summed E-state index contributed by atoms with van der Waals surface area (Å²) in [5.41, 5.74) is 6.04. The van der Waals surface area contributed by atoms with Crippen molar-refractivity contribution in [3.63, 3.8) is 0 Å². The van der Waals surface area contributed by atoms with Gasteiger partial charge in [-0.3, -0.25) is 9.59 Å². The summed E-state index contributed by atoms with van der Waals surface area (Å²) >= 11 is 0. The Labute approximate surface area is 208 Å². The van der Waals surface area contributed by atoms with Crippen LogP contribution >= 0.6 is 0 Å². The quantitative estimate of drug-likeness (QED) is 0.373. The number of hydrazone groups is 1. The van der Waals surface area contributed by atoms with Crippen LogP contribution in [0.1, 0.15) is 67.9 Å². The second kappa shape index (κ2) is 10.9. The maximum atomic E-state index is 13.0. The number of carbonyl (C=O) groups is 3. The molecule has 2 aromatic carbocycles. The normalized spacial score (nSPS) is 13.6. The molecule has 0 fully saturated rings. The van der Waals surface area contributed by atoms with Gasteiger partial charge in [-0.15, -0.1) is 0 Å². The maximum Gasteiger partial charge on any atom is 0.338 e. The number of hydrogen-bond donors (Lipinski definition) is 2. The van der Waals surface area contributed by atoms with E-state index >= 15 is 0 Å². The molecule has 0 atom stereocenters. The van der Waals surface area contributed by atoms with E-state index in [2.05, 4.69) is 15.8 Å². The van der Waals surface area contributed by atoms with Crippen LogP contribution in [0, 0.1) is 6.92 Å². The van der Waals surface area contributed by atoms with E-state index in [1.807, 2.05) is 0 Å². The first kappa shape index (κ1) is 24.7. The van der Waals surface area contributed by atoms with Gasteiger partial charge in [0.1, 0.15) is 11.5 Å². The van der Waals surface area contributed by atoms with Gasteiger partial charge in [-0.25, -0.2) is 10.2 Å². The molecule has 2 N–H and O–H groups in total. The molecule has 2 amide bonds. The van der Waals surface area contributed by atoms with E-state index in [0.717, 1.165) is 12.0 Å². The van der Waals surface area contributed by atoms with Crippen molar-refractivity contribution in [3.8, 4) is 5.75 Å². The van der Waals surface area contributed by atoms with E-state index in [1.54, 1.807) is 69.5 Å². The molecule has 1 aliphatic carbocycles. The Morgan fingerprint density at radius 2 is 1.67 bits per heavy atom. The van der Waals surface area contributed by atoms with Crippen molar-refractivity contribution in [2.24, 2.45) is 5.10 Å². The summed E-state index contributed by atoms with van der Waals surface area (Å²) in [6.45, 7) is 3.83. The Morgan fingerprint density at radius 1 is 0.972 bits per heavy atom. The van der Waals surface area contributed by atoms with Gasteiger partial charge in [0.2, 0.25) is 0 Å². The van der Waals surface area contributed by atoms with Crippen LogP contribution in [0.25, 0.3) is 0 Å². The van der Waals surface area contributed by atoms with Gasteiger partial charge < -0.3 is 19.2 Å². The lowest BCUT2D eigenvalue weighted by Gasteiger charge is -2.13. The SMILES string of the molecule is CCOC(=O)c1ccc(NC(=O)c2oc3c(c2C)/C(=N/NC(=O)c2ccc(OC)cc2)CCC3)cc1. The minimum Gasteiger partial charge on any atom is -0.497 e. The Balaban J connectivity index is 1.49. The number of rotatable bonds is 7. The van der Waals surface area contributed by atoms with Crippen molar-refractivity contribution in [2.75, 3.05) is 19.0 Å². The van der Waals surface area contributed by atoms with E-state index in [-0.39, 0.29) is 18.3 Å². The molecule has 0 aliphatic heterocycles. The van der Waals surface area contributed by atoms with Crippen molar-refractivity contribution in [2.45, 2.75) is 33.1 Å². The van der Waals surface area contributed by atoms with Crippen LogP contribution in [0.2, 0.25) is 0 Å². The molecule has 9 nitrogen and oxygen atoms in total. The molecule has 1 aromatic heterocycles. The summed E-state index contributed by atoms with van der Waals surface area (Å²) < 4.78 is 16.0.